The van der Waals surface area contributed by atoms with Crippen LogP contribution in [0.1, 0.15) is 5.56 Å². The van der Waals surface area contributed by atoms with Crippen molar-refractivity contribution in [2.75, 3.05) is 0 Å². The summed E-state index contributed by atoms with van der Waals surface area (Å²) >= 11 is 0. The van der Waals surface area contributed by atoms with Gasteiger partial charge in [0.1, 0.15) is 16.8 Å². The van der Waals surface area contributed by atoms with Crippen LogP contribution < -0.4 is 0 Å². The first-order chi connectivity index (χ1) is 28.3. The Morgan fingerprint density at radius 1 is 0.397 bits per heavy atom. The van der Waals surface area contributed by atoms with Crippen LogP contribution in [0.15, 0.2) is 170 Å². The number of hydrogen-bond acceptors (Lipinski definition) is 5. The summed E-state index contributed by atoms with van der Waals surface area (Å²) in [7, 11) is 0. The summed E-state index contributed by atoms with van der Waals surface area (Å²) in [5.74, 6) is 0.159. The first kappa shape index (κ1) is 35.6. The zero-order valence-electron chi connectivity index (χ0n) is 31.1. The highest BCUT2D eigenvalue weighted by atomic mass is 16.6. The second kappa shape index (κ2) is 14.6. The highest BCUT2D eigenvalue weighted by Crippen LogP contribution is 2.38. The third-order valence-electron chi connectivity index (χ3n) is 10.7. The fourth-order valence-electron chi connectivity index (χ4n) is 8.19. The van der Waals surface area contributed by atoms with Crippen LogP contribution in [0.5, 0.6) is 5.75 Å². The van der Waals surface area contributed by atoms with Crippen LogP contribution in [0, 0.1) is 27.2 Å². The van der Waals surface area contributed by atoms with Crippen molar-refractivity contribution in [3.05, 3.63) is 196 Å². The molecule has 0 atom stereocenters. The molecule has 0 aliphatic carbocycles. The minimum Gasteiger partial charge on any atom is -0.507 e. The van der Waals surface area contributed by atoms with Crippen molar-refractivity contribution in [1.29, 1.82) is 0 Å². The van der Waals surface area contributed by atoms with E-state index < -0.39 is 0 Å². The third-order valence-corrected chi connectivity index (χ3v) is 10.7. The van der Waals surface area contributed by atoms with E-state index in [0.29, 0.717) is 21.9 Å². The van der Waals surface area contributed by atoms with Gasteiger partial charge in [-0.1, -0.05) is 140 Å². The second-order valence-corrected chi connectivity index (χ2v) is 14.0. The highest BCUT2D eigenvalue weighted by molar-refractivity contribution is 6.22. The second-order valence-electron chi connectivity index (χ2n) is 14.0. The summed E-state index contributed by atoms with van der Waals surface area (Å²) in [6.45, 7) is 2.10. The van der Waals surface area contributed by atoms with Crippen LogP contribution in [-0.4, -0.2) is 24.9 Å². The fourth-order valence-corrected chi connectivity index (χ4v) is 8.19. The average Bonchev–Trinajstić information content (AvgIpc) is 3.33. The van der Waals surface area contributed by atoms with Gasteiger partial charge < -0.3 is 15.1 Å². The van der Waals surface area contributed by atoms with E-state index in [1.807, 2.05) is 109 Å². The molecule has 0 saturated heterocycles. The molecule has 0 saturated carbocycles. The Labute approximate surface area is 330 Å². The minimum absolute atomic E-state index is 0.00211. The predicted octanol–water partition coefficient (Wildman–Crippen LogP) is 13.3. The number of non-ortho nitro benzene ring substituents is 2. The number of aryl methyl sites for hydroxylation is 1. The summed E-state index contributed by atoms with van der Waals surface area (Å²) in [5.41, 5.74) is 3.72. The maximum atomic E-state index is 11.8. The summed E-state index contributed by atoms with van der Waals surface area (Å²) in [6.07, 6.45) is 0. The van der Waals surface area contributed by atoms with Crippen molar-refractivity contribution in [3.8, 4) is 5.75 Å². The maximum Gasteiger partial charge on any atom is 0.293 e. The van der Waals surface area contributed by atoms with Gasteiger partial charge >= 0.3 is 0 Å². The van der Waals surface area contributed by atoms with E-state index in [9.17, 15) is 25.3 Å². The first-order valence-electron chi connectivity index (χ1n) is 18.7. The van der Waals surface area contributed by atoms with Crippen LogP contribution in [0.4, 0.5) is 11.4 Å². The summed E-state index contributed by atoms with van der Waals surface area (Å²) in [6, 6.07) is 53.4. The van der Waals surface area contributed by atoms with Gasteiger partial charge in [-0.25, -0.2) is 0 Å². The number of hydrogen-bond donors (Lipinski definition) is 3. The molecular weight excluding hydrogens is 725 g/mol. The van der Waals surface area contributed by atoms with Crippen molar-refractivity contribution < 1.29 is 15.0 Å². The van der Waals surface area contributed by atoms with Gasteiger partial charge in [0.15, 0.2) is 0 Å². The Kier molecular flexibility index (Phi) is 8.95. The van der Waals surface area contributed by atoms with E-state index in [0.717, 1.165) is 70.3 Å². The molecule has 9 nitrogen and oxygen atoms in total. The minimum atomic E-state index is -0.375. The Bertz CT molecular complexity index is 3230. The molecule has 280 valence electrons. The molecule has 3 N–H and O–H groups in total. The van der Waals surface area contributed by atoms with Gasteiger partial charge in [-0.15, -0.1) is 0 Å². The molecule has 0 amide bonds. The molecule has 10 aromatic rings. The number of phenolic OH excluding ortho intramolecular Hbond substituents is 1. The van der Waals surface area contributed by atoms with Gasteiger partial charge in [0.2, 0.25) is 0 Å². The van der Waals surface area contributed by atoms with Crippen LogP contribution >= 0.6 is 0 Å². The SMILES string of the molecule is Cc1cccc2c3ccccc3c3cccc([N+](=O)[O-])c3[nH]c3ccccc3c12.O=[N+]([O-])c1cccc2c1[nH]c1ccccc1c1c(O)cccc1c1ccccc21. The Morgan fingerprint density at radius 3 is 1.22 bits per heavy atom. The van der Waals surface area contributed by atoms with Crippen LogP contribution in [0.25, 0.3) is 86.7 Å². The number of H-pyrrole nitrogens is 2. The number of fused-ring (bicyclic) bond motifs is 14. The lowest BCUT2D eigenvalue weighted by molar-refractivity contribution is -0.383. The largest absolute Gasteiger partial charge is 0.507 e. The van der Waals surface area contributed by atoms with E-state index in [1.54, 1.807) is 24.3 Å². The van der Waals surface area contributed by atoms with Crippen molar-refractivity contribution in [3.63, 3.8) is 0 Å². The monoisotopic (exact) mass is 758 g/mol. The van der Waals surface area contributed by atoms with Gasteiger partial charge in [-0.05, 0) is 68.4 Å². The van der Waals surface area contributed by atoms with E-state index >= 15 is 0 Å². The molecule has 0 fully saturated rings. The van der Waals surface area contributed by atoms with Crippen molar-refractivity contribution in [2.45, 2.75) is 6.92 Å². The normalized spacial score (nSPS) is 11.2. The number of benzene rings is 8. The number of nitro groups is 2. The Hall–Kier alpha value is -8.04. The number of rotatable bonds is 2. The lowest BCUT2D eigenvalue weighted by Crippen LogP contribution is -1.90. The van der Waals surface area contributed by atoms with Crippen molar-refractivity contribution >= 4 is 98.1 Å². The smallest absolute Gasteiger partial charge is 0.293 e. The van der Waals surface area contributed by atoms with E-state index in [2.05, 4.69) is 47.2 Å². The summed E-state index contributed by atoms with van der Waals surface area (Å²) < 4.78 is 0. The number of para-hydroxylation sites is 4. The van der Waals surface area contributed by atoms with Crippen molar-refractivity contribution in [2.24, 2.45) is 0 Å². The van der Waals surface area contributed by atoms with Gasteiger partial charge in [0.05, 0.1) is 9.85 Å². The van der Waals surface area contributed by atoms with Crippen LogP contribution in [-0.2, 0) is 0 Å². The molecule has 2 aromatic heterocycles. The topological polar surface area (TPSA) is 138 Å². The molecular formula is C49H34N4O5. The number of aromatic amines is 2. The highest BCUT2D eigenvalue weighted by Gasteiger charge is 2.16. The van der Waals surface area contributed by atoms with E-state index in [-0.39, 0.29) is 27.0 Å². The average molecular weight is 759 g/mol. The molecule has 0 unspecified atom stereocenters. The number of nitrogens with one attached hydrogen (secondary N) is 2. The number of phenols is 1. The standard InChI is InChI=1S/C25H18N2O2.C24H16N2O3/c1-16-8-6-12-19-17-9-2-3-10-18(17)20-13-7-15-23(27(28)29)25(20)26-22-14-5-4-11-21(22)24(16)19;27-22-14-6-10-17-15-7-1-2-8-16(15)18-11-5-13-21(26(28)29)24(18)25-20-12-4-3-9-19(20)23(17)22/h2-15,26H,1H3;1-14,25,27H. The lowest BCUT2D eigenvalue weighted by Gasteiger charge is -2.05. The Morgan fingerprint density at radius 2 is 0.741 bits per heavy atom. The molecule has 10 rings (SSSR count). The van der Waals surface area contributed by atoms with E-state index in [1.165, 1.54) is 6.07 Å². The molecule has 0 bridgehead atoms. The summed E-state index contributed by atoms with van der Waals surface area (Å²) in [5, 5.41) is 45.3. The zero-order chi connectivity index (χ0) is 39.9. The van der Waals surface area contributed by atoms with Gasteiger partial charge in [-0.2, -0.15) is 0 Å². The summed E-state index contributed by atoms with van der Waals surface area (Å²) in [4.78, 5) is 29.6. The Balaban J connectivity index is 0.000000150. The molecule has 2 heterocycles. The number of aromatic hydroxyl groups is 1. The fraction of sp³-hybridized carbons (Fsp3) is 0.0204. The third kappa shape index (κ3) is 6.07. The molecule has 0 radical (unpaired) electrons. The molecule has 0 spiro atoms. The lowest BCUT2D eigenvalue weighted by atomic mass is 9.98. The van der Waals surface area contributed by atoms with Crippen LogP contribution in [0.2, 0.25) is 0 Å². The molecule has 9 heteroatoms. The molecule has 8 aromatic carbocycles. The maximum absolute atomic E-state index is 11.8. The zero-order valence-corrected chi connectivity index (χ0v) is 31.1. The molecule has 0 aliphatic heterocycles. The number of aromatic nitrogens is 2. The van der Waals surface area contributed by atoms with Crippen molar-refractivity contribution in [1.82, 2.24) is 9.97 Å². The molecule has 0 aliphatic rings. The quantitative estimate of drug-likeness (QED) is 0.119. The number of nitro benzene ring substituents is 2. The van der Waals surface area contributed by atoms with Gasteiger partial charge in [-0.3, -0.25) is 20.2 Å². The van der Waals surface area contributed by atoms with Crippen LogP contribution in [0.3, 0.4) is 0 Å². The first-order valence-corrected chi connectivity index (χ1v) is 18.7. The predicted molar refractivity (Wildman–Crippen MR) is 237 cm³/mol. The number of nitrogens with zero attached hydrogens (tertiary/aromatic N) is 2. The van der Waals surface area contributed by atoms with E-state index in [4.69, 9.17) is 0 Å². The molecule has 58 heavy (non-hydrogen) atoms. The van der Waals surface area contributed by atoms with Gasteiger partial charge in [0.25, 0.3) is 11.4 Å². The van der Waals surface area contributed by atoms with Gasteiger partial charge in [0, 0.05) is 50.1 Å².